The fourth-order valence-corrected chi connectivity index (χ4v) is 1.46. The van der Waals surface area contributed by atoms with Crippen LogP contribution in [0, 0.1) is 5.92 Å². The van der Waals surface area contributed by atoms with Gasteiger partial charge in [0.2, 0.25) is 5.91 Å². The molecule has 18 heavy (non-hydrogen) atoms. The van der Waals surface area contributed by atoms with Gasteiger partial charge in [-0.1, -0.05) is 18.5 Å². The highest BCUT2D eigenvalue weighted by molar-refractivity contribution is 6.31. The van der Waals surface area contributed by atoms with E-state index in [1.807, 2.05) is 0 Å². The SMILES string of the molecule is CC(N)C(C)C(=O)Nc1cc(Cl)ccc1C(=O)O. The molecule has 0 saturated carbocycles. The van der Waals surface area contributed by atoms with Gasteiger partial charge in [-0.15, -0.1) is 0 Å². The first-order valence-electron chi connectivity index (χ1n) is 5.42. The number of carboxylic acid groups (broad SMARTS) is 1. The zero-order valence-electron chi connectivity index (χ0n) is 10.1. The number of benzene rings is 1. The molecule has 0 fully saturated rings. The number of rotatable bonds is 4. The zero-order valence-corrected chi connectivity index (χ0v) is 10.9. The van der Waals surface area contributed by atoms with E-state index in [1.165, 1.54) is 18.2 Å². The summed E-state index contributed by atoms with van der Waals surface area (Å²) < 4.78 is 0. The molecule has 2 atom stereocenters. The van der Waals surface area contributed by atoms with Crippen molar-refractivity contribution in [3.63, 3.8) is 0 Å². The van der Waals surface area contributed by atoms with E-state index < -0.39 is 11.9 Å². The van der Waals surface area contributed by atoms with Gasteiger partial charge in [0.25, 0.3) is 0 Å². The van der Waals surface area contributed by atoms with Crippen molar-refractivity contribution < 1.29 is 14.7 Å². The lowest BCUT2D eigenvalue weighted by Gasteiger charge is -2.16. The van der Waals surface area contributed by atoms with Gasteiger partial charge in [-0.2, -0.15) is 0 Å². The molecule has 0 aliphatic heterocycles. The van der Waals surface area contributed by atoms with Crippen LogP contribution >= 0.6 is 11.6 Å². The zero-order chi connectivity index (χ0) is 13.9. The van der Waals surface area contributed by atoms with Crippen molar-refractivity contribution in [3.8, 4) is 0 Å². The van der Waals surface area contributed by atoms with Gasteiger partial charge in [-0.3, -0.25) is 4.79 Å². The Morgan fingerprint density at radius 1 is 1.39 bits per heavy atom. The van der Waals surface area contributed by atoms with Gasteiger partial charge in [0.15, 0.2) is 0 Å². The third-order valence-electron chi connectivity index (χ3n) is 2.67. The highest BCUT2D eigenvalue weighted by Gasteiger charge is 2.19. The average molecular weight is 271 g/mol. The summed E-state index contributed by atoms with van der Waals surface area (Å²) in [7, 11) is 0. The Labute approximate surface area is 110 Å². The largest absolute Gasteiger partial charge is 0.478 e. The van der Waals surface area contributed by atoms with Crippen molar-refractivity contribution in [3.05, 3.63) is 28.8 Å². The summed E-state index contributed by atoms with van der Waals surface area (Å²) >= 11 is 5.78. The molecule has 0 aliphatic carbocycles. The van der Waals surface area contributed by atoms with E-state index in [4.69, 9.17) is 22.4 Å². The Kier molecular flexibility index (Phi) is 4.69. The molecule has 0 aromatic heterocycles. The summed E-state index contributed by atoms with van der Waals surface area (Å²) in [5, 5.41) is 11.9. The maximum atomic E-state index is 11.8. The van der Waals surface area contributed by atoms with Gasteiger partial charge >= 0.3 is 5.97 Å². The van der Waals surface area contributed by atoms with Gasteiger partial charge in [0, 0.05) is 11.1 Å². The number of nitrogens with two attached hydrogens (primary N) is 1. The van der Waals surface area contributed by atoms with Crippen molar-refractivity contribution in [1.29, 1.82) is 0 Å². The molecule has 2 unspecified atom stereocenters. The number of carbonyl (C=O) groups is 2. The molecule has 0 radical (unpaired) electrons. The van der Waals surface area contributed by atoms with Crippen LogP contribution in [0.3, 0.4) is 0 Å². The van der Waals surface area contributed by atoms with Crippen LogP contribution in [0.4, 0.5) is 5.69 Å². The van der Waals surface area contributed by atoms with E-state index in [2.05, 4.69) is 5.32 Å². The van der Waals surface area contributed by atoms with Crippen LogP contribution in [-0.2, 0) is 4.79 Å². The van der Waals surface area contributed by atoms with E-state index >= 15 is 0 Å². The Balaban J connectivity index is 2.99. The Morgan fingerprint density at radius 2 is 2.00 bits per heavy atom. The Hall–Kier alpha value is -1.59. The molecular weight excluding hydrogens is 256 g/mol. The van der Waals surface area contributed by atoms with Crippen molar-refractivity contribution in [2.24, 2.45) is 11.7 Å². The molecular formula is C12H15ClN2O3. The molecule has 1 amide bonds. The molecule has 5 nitrogen and oxygen atoms in total. The number of nitrogens with one attached hydrogen (secondary N) is 1. The maximum Gasteiger partial charge on any atom is 0.337 e. The normalized spacial score (nSPS) is 13.8. The highest BCUT2D eigenvalue weighted by atomic mass is 35.5. The minimum atomic E-state index is -1.13. The number of hydrogen-bond acceptors (Lipinski definition) is 3. The van der Waals surface area contributed by atoms with Gasteiger partial charge in [0.1, 0.15) is 0 Å². The predicted octanol–water partition coefficient (Wildman–Crippen LogP) is 1.96. The third kappa shape index (κ3) is 3.45. The number of amides is 1. The Bertz CT molecular complexity index is 474. The van der Waals surface area contributed by atoms with E-state index in [9.17, 15) is 9.59 Å². The summed E-state index contributed by atoms with van der Waals surface area (Å²) in [6.45, 7) is 3.38. The van der Waals surface area contributed by atoms with Crippen LogP contribution in [-0.4, -0.2) is 23.0 Å². The fraction of sp³-hybridized carbons (Fsp3) is 0.333. The third-order valence-corrected chi connectivity index (χ3v) is 2.91. The molecule has 1 rings (SSSR count). The van der Waals surface area contributed by atoms with Gasteiger partial charge in [-0.25, -0.2) is 4.79 Å². The van der Waals surface area contributed by atoms with Crippen molar-refractivity contribution in [1.82, 2.24) is 0 Å². The average Bonchev–Trinajstić information content (AvgIpc) is 2.27. The molecule has 0 saturated heterocycles. The molecule has 1 aromatic rings. The van der Waals surface area contributed by atoms with E-state index in [-0.39, 0.29) is 23.2 Å². The standard InChI is InChI=1S/C12H15ClN2O3/c1-6(7(2)14)11(16)15-10-5-8(13)3-4-9(10)12(17)18/h3-7H,14H2,1-2H3,(H,15,16)(H,17,18). The summed E-state index contributed by atoms with van der Waals surface area (Å²) in [4.78, 5) is 22.8. The van der Waals surface area contributed by atoms with Crippen LogP contribution in [0.2, 0.25) is 5.02 Å². The molecule has 0 aliphatic rings. The second-order valence-electron chi connectivity index (χ2n) is 4.13. The quantitative estimate of drug-likeness (QED) is 0.780. The smallest absolute Gasteiger partial charge is 0.337 e. The number of carboxylic acids is 1. The van der Waals surface area contributed by atoms with Crippen molar-refractivity contribution >= 4 is 29.2 Å². The molecule has 1 aromatic carbocycles. The molecule has 98 valence electrons. The number of aromatic carboxylic acids is 1. The maximum absolute atomic E-state index is 11.8. The number of hydrogen-bond donors (Lipinski definition) is 3. The van der Waals surface area contributed by atoms with Crippen LogP contribution < -0.4 is 11.1 Å². The van der Waals surface area contributed by atoms with Crippen LogP contribution in [0.25, 0.3) is 0 Å². The second-order valence-corrected chi connectivity index (χ2v) is 4.57. The summed E-state index contributed by atoms with van der Waals surface area (Å²) in [5.41, 5.74) is 5.78. The summed E-state index contributed by atoms with van der Waals surface area (Å²) in [6.07, 6.45) is 0. The highest BCUT2D eigenvalue weighted by Crippen LogP contribution is 2.22. The lowest BCUT2D eigenvalue weighted by atomic mass is 10.0. The minimum Gasteiger partial charge on any atom is -0.478 e. The number of anilines is 1. The van der Waals surface area contributed by atoms with E-state index in [0.29, 0.717) is 5.02 Å². The number of halogens is 1. The van der Waals surface area contributed by atoms with Gasteiger partial charge < -0.3 is 16.2 Å². The summed E-state index contributed by atoms with van der Waals surface area (Å²) in [5.74, 6) is -1.89. The molecule has 0 spiro atoms. The van der Waals surface area contributed by atoms with Gasteiger partial charge in [-0.05, 0) is 25.1 Å². The predicted molar refractivity (Wildman–Crippen MR) is 69.9 cm³/mol. The van der Waals surface area contributed by atoms with Crippen LogP contribution in [0.1, 0.15) is 24.2 Å². The van der Waals surface area contributed by atoms with E-state index in [0.717, 1.165) is 0 Å². The fourth-order valence-electron chi connectivity index (χ4n) is 1.29. The first-order valence-corrected chi connectivity index (χ1v) is 5.80. The van der Waals surface area contributed by atoms with Crippen LogP contribution in [0.15, 0.2) is 18.2 Å². The molecule has 4 N–H and O–H groups in total. The van der Waals surface area contributed by atoms with Crippen molar-refractivity contribution in [2.45, 2.75) is 19.9 Å². The Morgan fingerprint density at radius 3 is 2.50 bits per heavy atom. The number of carbonyl (C=O) groups excluding carboxylic acids is 1. The molecule has 0 bridgehead atoms. The summed E-state index contributed by atoms with van der Waals surface area (Å²) in [6, 6.07) is 3.88. The monoisotopic (exact) mass is 270 g/mol. The van der Waals surface area contributed by atoms with Gasteiger partial charge in [0.05, 0.1) is 17.2 Å². The van der Waals surface area contributed by atoms with E-state index in [1.54, 1.807) is 13.8 Å². The first-order chi connectivity index (χ1) is 8.32. The molecule has 0 heterocycles. The topological polar surface area (TPSA) is 92.4 Å². The minimum absolute atomic E-state index is 0.00961. The van der Waals surface area contributed by atoms with Crippen LogP contribution in [0.5, 0.6) is 0 Å². The first kappa shape index (κ1) is 14.5. The molecule has 6 heteroatoms. The lowest BCUT2D eigenvalue weighted by molar-refractivity contribution is -0.119. The van der Waals surface area contributed by atoms with Crippen molar-refractivity contribution in [2.75, 3.05) is 5.32 Å². The lowest BCUT2D eigenvalue weighted by Crippen LogP contribution is -2.34. The second kappa shape index (κ2) is 5.84.